The largest absolute Gasteiger partial charge is 0.310 e. The van der Waals surface area contributed by atoms with Gasteiger partial charge in [-0.05, 0) is 58.4 Å². The van der Waals surface area contributed by atoms with Crippen LogP contribution < -0.4 is 4.90 Å². The summed E-state index contributed by atoms with van der Waals surface area (Å²) in [6.45, 7) is 0. The van der Waals surface area contributed by atoms with Crippen LogP contribution in [-0.2, 0) is 0 Å². The van der Waals surface area contributed by atoms with Crippen LogP contribution in [0.25, 0.3) is 0 Å². The van der Waals surface area contributed by atoms with Gasteiger partial charge in [-0.1, -0.05) is 36.4 Å². The van der Waals surface area contributed by atoms with E-state index >= 15 is 0 Å². The van der Waals surface area contributed by atoms with Gasteiger partial charge >= 0.3 is 0 Å². The lowest BCUT2D eigenvalue weighted by molar-refractivity contribution is 0.621. The van der Waals surface area contributed by atoms with Crippen LogP contribution in [0.2, 0.25) is 0 Å². The lowest BCUT2D eigenvalue weighted by Gasteiger charge is -2.25. The number of halogens is 2. The molecule has 0 saturated carbocycles. The highest BCUT2D eigenvalue weighted by Crippen LogP contribution is 2.35. The quantitative estimate of drug-likeness (QED) is 0.559. The first kappa shape index (κ1) is 13.8. The predicted molar refractivity (Wildman–Crippen MR) is 88.8 cm³/mol. The normalized spacial score (nSPS) is 10.4. The van der Waals surface area contributed by atoms with Crippen LogP contribution in [0.15, 0.2) is 83.3 Å². The van der Waals surface area contributed by atoms with Crippen molar-refractivity contribution in [1.29, 1.82) is 0 Å². The third kappa shape index (κ3) is 2.98. The predicted octanol–water partition coefficient (Wildman–Crippen LogP) is 6.06. The molecule has 0 atom stereocenters. The summed E-state index contributed by atoms with van der Waals surface area (Å²) in [7, 11) is 0. The number of nitrogens with zero attached hydrogens (tertiary/aromatic N) is 1. The maximum Gasteiger partial charge on any atom is 0.139 e. The van der Waals surface area contributed by atoms with Crippen LogP contribution in [0.4, 0.5) is 21.5 Å². The molecule has 0 N–H and O–H groups in total. The molecule has 0 aliphatic carbocycles. The van der Waals surface area contributed by atoms with Gasteiger partial charge in [0, 0.05) is 17.1 Å². The maximum absolute atomic E-state index is 13.9. The average Bonchev–Trinajstić information content (AvgIpc) is 2.53. The molecule has 0 amide bonds. The standard InChI is InChI=1S/C18H13BrFN/c19-17-12-11-16(13-18(17)20)21(14-7-3-1-4-8-14)15-9-5-2-6-10-15/h1-13H. The van der Waals surface area contributed by atoms with Crippen molar-refractivity contribution < 1.29 is 4.39 Å². The molecule has 0 bridgehead atoms. The fourth-order valence-electron chi connectivity index (χ4n) is 2.23. The molecule has 104 valence electrons. The molecule has 0 saturated heterocycles. The Labute approximate surface area is 131 Å². The van der Waals surface area contributed by atoms with Crippen molar-refractivity contribution in [3.63, 3.8) is 0 Å². The number of anilines is 3. The zero-order valence-corrected chi connectivity index (χ0v) is 12.8. The van der Waals surface area contributed by atoms with E-state index in [9.17, 15) is 4.39 Å². The van der Waals surface area contributed by atoms with Gasteiger partial charge in [0.15, 0.2) is 0 Å². The summed E-state index contributed by atoms with van der Waals surface area (Å²) in [5.41, 5.74) is 2.77. The number of rotatable bonds is 3. The monoisotopic (exact) mass is 341 g/mol. The Balaban J connectivity index is 2.14. The van der Waals surface area contributed by atoms with Gasteiger partial charge in [-0.25, -0.2) is 4.39 Å². The number of hydrogen-bond acceptors (Lipinski definition) is 1. The van der Waals surface area contributed by atoms with Gasteiger partial charge in [-0.15, -0.1) is 0 Å². The second-order valence-electron chi connectivity index (χ2n) is 4.60. The first-order valence-electron chi connectivity index (χ1n) is 6.61. The molecule has 3 aromatic carbocycles. The fourth-order valence-corrected chi connectivity index (χ4v) is 2.47. The van der Waals surface area contributed by atoms with Gasteiger partial charge in [-0.2, -0.15) is 0 Å². The van der Waals surface area contributed by atoms with Crippen molar-refractivity contribution in [3.05, 3.63) is 89.2 Å². The molecule has 0 unspecified atom stereocenters. The molecule has 3 heteroatoms. The third-order valence-electron chi connectivity index (χ3n) is 3.19. The molecule has 0 radical (unpaired) electrons. The molecule has 0 aliphatic rings. The Morgan fingerprint density at radius 1 is 0.667 bits per heavy atom. The zero-order chi connectivity index (χ0) is 14.7. The van der Waals surface area contributed by atoms with Crippen LogP contribution >= 0.6 is 15.9 Å². The lowest BCUT2D eigenvalue weighted by Crippen LogP contribution is -2.09. The minimum atomic E-state index is -0.274. The Morgan fingerprint density at radius 2 is 1.19 bits per heavy atom. The van der Waals surface area contributed by atoms with E-state index in [0.29, 0.717) is 4.47 Å². The van der Waals surface area contributed by atoms with Crippen LogP contribution in [0.5, 0.6) is 0 Å². The Morgan fingerprint density at radius 3 is 1.67 bits per heavy atom. The zero-order valence-electron chi connectivity index (χ0n) is 11.2. The molecular weight excluding hydrogens is 329 g/mol. The molecule has 3 aromatic rings. The maximum atomic E-state index is 13.9. The molecule has 0 aromatic heterocycles. The van der Waals surface area contributed by atoms with Crippen LogP contribution in [0, 0.1) is 5.82 Å². The molecular formula is C18H13BrFN. The number of benzene rings is 3. The van der Waals surface area contributed by atoms with Crippen molar-refractivity contribution in [1.82, 2.24) is 0 Å². The molecule has 3 rings (SSSR count). The van der Waals surface area contributed by atoms with E-state index in [0.717, 1.165) is 17.1 Å². The topological polar surface area (TPSA) is 3.24 Å². The van der Waals surface area contributed by atoms with Gasteiger partial charge in [0.05, 0.1) is 4.47 Å². The minimum Gasteiger partial charge on any atom is -0.310 e. The molecule has 21 heavy (non-hydrogen) atoms. The van der Waals surface area contributed by atoms with Crippen molar-refractivity contribution >= 4 is 33.0 Å². The summed E-state index contributed by atoms with van der Waals surface area (Å²) >= 11 is 3.20. The van der Waals surface area contributed by atoms with E-state index in [4.69, 9.17) is 0 Å². The van der Waals surface area contributed by atoms with E-state index in [1.165, 1.54) is 6.07 Å². The smallest absolute Gasteiger partial charge is 0.139 e. The van der Waals surface area contributed by atoms with E-state index in [1.807, 2.05) is 71.6 Å². The summed E-state index contributed by atoms with van der Waals surface area (Å²) in [6.07, 6.45) is 0. The molecule has 0 aliphatic heterocycles. The van der Waals surface area contributed by atoms with Crippen molar-refractivity contribution in [3.8, 4) is 0 Å². The van der Waals surface area contributed by atoms with Gasteiger partial charge in [0.25, 0.3) is 0 Å². The average molecular weight is 342 g/mol. The number of para-hydroxylation sites is 2. The van der Waals surface area contributed by atoms with E-state index in [1.54, 1.807) is 6.07 Å². The third-order valence-corrected chi connectivity index (χ3v) is 3.83. The second-order valence-corrected chi connectivity index (χ2v) is 5.46. The molecule has 0 spiro atoms. The number of hydrogen-bond donors (Lipinski definition) is 0. The molecule has 0 heterocycles. The van der Waals surface area contributed by atoms with Crippen molar-refractivity contribution in [2.24, 2.45) is 0 Å². The van der Waals surface area contributed by atoms with Crippen molar-refractivity contribution in [2.75, 3.05) is 4.90 Å². The van der Waals surface area contributed by atoms with Crippen molar-refractivity contribution in [2.45, 2.75) is 0 Å². The Kier molecular flexibility index (Phi) is 4.02. The SMILES string of the molecule is Fc1cc(N(c2ccccc2)c2ccccc2)ccc1Br. The van der Waals surface area contributed by atoms with Gasteiger partial charge in [0.2, 0.25) is 0 Å². The van der Waals surface area contributed by atoms with E-state index in [-0.39, 0.29) is 5.82 Å². The van der Waals surface area contributed by atoms with Crippen LogP contribution in [-0.4, -0.2) is 0 Å². The van der Waals surface area contributed by atoms with Gasteiger partial charge in [0.1, 0.15) is 5.82 Å². The molecule has 0 fully saturated rings. The lowest BCUT2D eigenvalue weighted by atomic mass is 10.2. The highest BCUT2D eigenvalue weighted by Gasteiger charge is 2.13. The first-order valence-corrected chi connectivity index (χ1v) is 7.40. The summed E-state index contributed by atoms with van der Waals surface area (Å²) in [6, 6.07) is 25.0. The van der Waals surface area contributed by atoms with Gasteiger partial charge < -0.3 is 4.90 Å². The van der Waals surface area contributed by atoms with E-state index < -0.39 is 0 Å². The highest BCUT2D eigenvalue weighted by atomic mass is 79.9. The van der Waals surface area contributed by atoms with E-state index in [2.05, 4.69) is 15.9 Å². The molecule has 1 nitrogen and oxygen atoms in total. The Bertz CT molecular complexity index is 689. The Hall–Kier alpha value is -2.13. The first-order chi connectivity index (χ1) is 10.3. The van der Waals surface area contributed by atoms with Gasteiger partial charge in [-0.3, -0.25) is 0 Å². The summed E-state index contributed by atoms with van der Waals surface area (Å²) < 4.78 is 14.4. The second kappa shape index (κ2) is 6.10. The minimum absolute atomic E-state index is 0.274. The fraction of sp³-hybridized carbons (Fsp3) is 0. The summed E-state index contributed by atoms with van der Waals surface area (Å²) in [5.74, 6) is -0.274. The highest BCUT2D eigenvalue weighted by molar-refractivity contribution is 9.10. The summed E-state index contributed by atoms with van der Waals surface area (Å²) in [4.78, 5) is 2.02. The summed E-state index contributed by atoms with van der Waals surface area (Å²) in [5, 5.41) is 0. The van der Waals surface area contributed by atoms with Crippen LogP contribution in [0.1, 0.15) is 0 Å². The van der Waals surface area contributed by atoms with Crippen LogP contribution in [0.3, 0.4) is 0 Å².